The Balaban J connectivity index is 1.96. The molecule has 8 nitrogen and oxygen atoms in total. The Hall–Kier alpha value is -1.84. The minimum Gasteiger partial charge on any atom is -0.493 e. The molecule has 1 heterocycles. The van der Waals surface area contributed by atoms with Crippen LogP contribution in [-0.2, 0) is 14.8 Å². The lowest BCUT2D eigenvalue weighted by Gasteiger charge is -2.23. The third-order valence-electron chi connectivity index (χ3n) is 4.27. The smallest absolute Gasteiger partial charge is 0.240 e. The number of nitrogens with one attached hydrogen (secondary N) is 1. The number of sulfonamides is 1. The first-order valence-electron chi connectivity index (χ1n) is 8.14. The van der Waals surface area contributed by atoms with E-state index in [-0.39, 0.29) is 29.8 Å². The molecule has 0 spiro atoms. The number of nitrogens with zero attached hydrogens (tertiary/aromatic N) is 1. The van der Waals surface area contributed by atoms with Crippen molar-refractivity contribution in [1.82, 2.24) is 9.62 Å². The van der Waals surface area contributed by atoms with E-state index in [1.807, 2.05) is 0 Å². The molecule has 0 bridgehead atoms. The number of carbonyl (C=O) groups is 1. The molecule has 9 heteroatoms. The zero-order valence-corrected chi connectivity index (χ0v) is 15.3. The summed E-state index contributed by atoms with van der Waals surface area (Å²) in [5.74, 6) is 0.686. The second-order valence-electron chi connectivity index (χ2n) is 5.78. The molecule has 1 fully saturated rings. The normalized spacial score (nSPS) is 17.6. The van der Waals surface area contributed by atoms with Gasteiger partial charge in [0, 0.05) is 38.2 Å². The summed E-state index contributed by atoms with van der Waals surface area (Å²) in [6.45, 7) is 1.15. The number of amides is 1. The Morgan fingerprint density at radius 1 is 1.32 bits per heavy atom. The molecular formula is C16H25N3O5S. The maximum Gasteiger partial charge on any atom is 0.240 e. The highest BCUT2D eigenvalue weighted by molar-refractivity contribution is 7.89. The second kappa shape index (κ2) is 8.50. The first kappa shape index (κ1) is 19.5. The van der Waals surface area contributed by atoms with Gasteiger partial charge in [0.25, 0.3) is 0 Å². The lowest BCUT2D eigenvalue weighted by molar-refractivity contribution is -0.131. The molecule has 1 amide bonds. The molecule has 0 aromatic heterocycles. The van der Waals surface area contributed by atoms with Crippen LogP contribution in [0.5, 0.6) is 11.5 Å². The molecule has 25 heavy (non-hydrogen) atoms. The lowest BCUT2D eigenvalue weighted by Crippen LogP contribution is -2.41. The van der Waals surface area contributed by atoms with Gasteiger partial charge in [0.05, 0.1) is 19.1 Å². The van der Waals surface area contributed by atoms with E-state index in [1.165, 1.54) is 32.4 Å². The van der Waals surface area contributed by atoms with Crippen molar-refractivity contribution in [2.75, 3.05) is 33.9 Å². The van der Waals surface area contributed by atoms with Crippen LogP contribution in [0.2, 0.25) is 0 Å². The van der Waals surface area contributed by atoms with Crippen LogP contribution in [0.4, 0.5) is 0 Å². The zero-order chi connectivity index (χ0) is 18.4. The number of methoxy groups -OCH3 is 2. The summed E-state index contributed by atoms with van der Waals surface area (Å²) in [5.41, 5.74) is 5.66. The summed E-state index contributed by atoms with van der Waals surface area (Å²) in [4.78, 5) is 14.0. The molecule has 1 aromatic carbocycles. The summed E-state index contributed by atoms with van der Waals surface area (Å²) in [6, 6.07) is 4.40. The number of hydrogen-bond donors (Lipinski definition) is 2. The fourth-order valence-electron chi connectivity index (χ4n) is 2.91. The maximum absolute atomic E-state index is 12.4. The van der Waals surface area contributed by atoms with Crippen molar-refractivity contribution in [3.8, 4) is 11.5 Å². The summed E-state index contributed by atoms with van der Waals surface area (Å²) in [6.07, 6.45) is 1.94. The number of nitrogens with two attached hydrogens (primary N) is 1. The van der Waals surface area contributed by atoms with Crippen LogP contribution in [0.1, 0.15) is 19.3 Å². The van der Waals surface area contributed by atoms with Gasteiger partial charge in [-0.1, -0.05) is 0 Å². The van der Waals surface area contributed by atoms with Crippen LogP contribution >= 0.6 is 0 Å². The van der Waals surface area contributed by atoms with E-state index in [4.69, 9.17) is 15.2 Å². The summed E-state index contributed by atoms with van der Waals surface area (Å²) >= 11 is 0. The Morgan fingerprint density at radius 2 is 2.04 bits per heavy atom. The van der Waals surface area contributed by atoms with Gasteiger partial charge in [-0.2, -0.15) is 0 Å². The number of benzene rings is 1. The molecule has 2 rings (SSSR count). The molecule has 1 atom stereocenters. The molecule has 0 saturated carbocycles. The third-order valence-corrected chi connectivity index (χ3v) is 5.72. The van der Waals surface area contributed by atoms with E-state index in [1.54, 1.807) is 4.90 Å². The van der Waals surface area contributed by atoms with Crippen LogP contribution < -0.4 is 19.9 Å². The highest BCUT2D eigenvalue weighted by Gasteiger charge is 2.27. The average Bonchev–Trinajstić information content (AvgIpc) is 3.09. The third kappa shape index (κ3) is 4.62. The molecular weight excluding hydrogens is 346 g/mol. The number of hydrogen-bond acceptors (Lipinski definition) is 6. The molecule has 0 aliphatic carbocycles. The van der Waals surface area contributed by atoms with Gasteiger partial charge in [-0.3, -0.25) is 4.79 Å². The van der Waals surface area contributed by atoms with E-state index >= 15 is 0 Å². The first-order valence-corrected chi connectivity index (χ1v) is 9.62. The van der Waals surface area contributed by atoms with Crippen molar-refractivity contribution in [2.24, 2.45) is 5.73 Å². The quantitative estimate of drug-likeness (QED) is 0.681. The van der Waals surface area contributed by atoms with E-state index < -0.39 is 10.0 Å². The van der Waals surface area contributed by atoms with Crippen LogP contribution in [-0.4, -0.2) is 59.1 Å². The average molecular weight is 371 g/mol. The molecule has 1 aromatic rings. The second-order valence-corrected chi connectivity index (χ2v) is 7.55. The highest BCUT2D eigenvalue weighted by Crippen LogP contribution is 2.29. The molecule has 1 saturated heterocycles. The minimum atomic E-state index is -3.74. The van der Waals surface area contributed by atoms with Crippen molar-refractivity contribution in [3.63, 3.8) is 0 Å². The number of ether oxygens (including phenoxy) is 2. The SMILES string of the molecule is COc1ccc(S(=O)(=O)NCCC(=O)N2CCCC2CN)cc1OC. The van der Waals surface area contributed by atoms with Gasteiger partial charge in [0.2, 0.25) is 15.9 Å². The summed E-state index contributed by atoms with van der Waals surface area (Å²) in [5, 5.41) is 0. The fraction of sp³-hybridized carbons (Fsp3) is 0.562. The largest absolute Gasteiger partial charge is 0.493 e. The molecule has 0 radical (unpaired) electrons. The standard InChI is InChI=1S/C16H25N3O5S/c1-23-14-6-5-13(10-15(14)24-2)25(21,22)18-8-7-16(20)19-9-3-4-12(19)11-17/h5-6,10,12,18H,3-4,7-9,11,17H2,1-2H3. The van der Waals surface area contributed by atoms with E-state index in [0.29, 0.717) is 24.6 Å². The molecule has 1 unspecified atom stereocenters. The minimum absolute atomic E-state index is 0.0311. The van der Waals surface area contributed by atoms with Gasteiger partial charge >= 0.3 is 0 Å². The van der Waals surface area contributed by atoms with Crippen LogP contribution in [0.3, 0.4) is 0 Å². The topological polar surface area (TPSA) is 111 Å². The van der Waals surface area contributed by atoms with Gasteiger partial charge in [-0.25, -0.2) is 13.1 Å². The number of rotatable bonds is 8. The molecule has 1 aliphatic rings. The highest BCUT2D eigenvalue weighted by atomic mass is 32.2. The molecule has 3 N–H and O–H groups in total. The fourth-order valence-corrected chi connectivity index (χ4v) is 3.96. The Labute approximate surface area is 148 Å². The van der Waals surface area contributed by atoms with Crippen molar-refractivity contribution < 1.29 is 22.7 Å². The Morgan fingerprint density at radius 3 is 2.68 bits per heavy atom. The van der Waals surface area contributed by atoms with Gasteiger partial charge in [0.1, 0.15) is 0 Å². The monoisotopic (exact) mass is 371 g/mol. The summed E-state index contributed by atoms with van der Waals surface area (Å²) in [7, 11) is -0.827. The van der Waals surface area contributed by atoms with E-state index in [0.717, 1.165) is 12.8 Å². The first-order chi connectivity index (χ1) is 11.9. The molecule has 1 aliphatic heterocycles. The Bertz CT molecular complexity index is 708. The van der Waals surface area contributed by atoms with Crippen LogP contribution in [0, 0.1) is 0 Å². The van der Waals surface area contributed by atoms with Gasteiger partial charge in [-0.05, 0) is 25.0 Å². The van der Waals surface area contributed by atoms with Gasteiger partial charge in [-0.15, -0.1) is 0 Å². The van der Waals surface area contributed by atoms with Gasteiger partial charge < -0.3 is 20.1 Å². The number of likely N-dealkylation sites (tertiary alicyclic amines) is 1. The Kier molecular flexibility index (Phi) is 6.63. The van der Waals surface area contributed by atoms with Crippen molar-refractivity contribution in [1.29, 1.82) is 0 Å². The van der Waals surface area contributed by atoms with Gasteiger partial charge in [0.15, 0.2) is 11.5 Å². The van der Waals surface area contributed by atoms with Crippen molar-refractivity contribution >= 4 is 15.9 Å². The predicted molar refractivity (Wildman–Crippen MR) is 93.1 cm³/mol. The number of carbonyl (C=O) groups excluding carboxylic acids is 1. The van der Waals surface area contributed by atoms with Crippen molar-refractivity contribution in [2.45, 2.75) is 30.2 Å². The van der Waals surface area contributed by atoms with Crippen LogP contribution in [0.25, 0.3) is 0 Å². The molecule has 140 valence electrons. The summed E-state index contributed by atoms with van der Waals surface area (Å²) < 4.78 is 37.4. The lowest BCUT2D eigenvalue weighted by atomic mass is 10.2. The predicted octanol–water partition coefficient (Wildman–Crippen LogP) is 0.322. The van der Waals surface area contributed by atoms with E-state index in [2.05, 4.69) is 4.72 Å². The van der Waals surface area contributed by atoms with Crippen molar-refractivity contribution in [3.05, 3.63) is 18.2 Å². The maximum atomic E-state index is 12.4. The zero-order valence-electron chi connectivity index (χ0n) is 14.5. The van der Waals surface area contributed by atoms with E-state index in [9.17, 15) is 13.2 Å². The van der Waals surface area contributed by atoms with Crippen LogP contribution in [0.15, 0.2) is 23.1 Å².